The molecule has 1 N–H and O–H groups in total. The monoisotopic (exact) mass is 643 g/mol. The van der Waals surface area contributed by atoms with E-state index in [1.54, 1.807) is 54.9 Å². The first kappa shape index (κ1) is 32.0. The molecule has 1 aromatic heterocycles. The summed E-state index contributed by atoms with van der Waals surface area (Å²) < 4.78 is 29.5. The number of sulfonamides is 1. The molecule has 6 rings (SSSR count). The number of nitrogens with one attached hydrogen (secondary N) is 1. The normalized spacial score (nSPS) is 13.7. The van der Waals surface area contributed by atoms with Gasteiger partial charge in [0, 0.05) is 42.7 Å². The topological polar surface area (TPSA) is 96.4 Å². The minimum absolute atomic E-state index is 0.102. The Labute approximate surface area is 276 Å². The third-order valence-electron chi connectivity index (χ3n) is 8.73. The van der Waals surface area contributed by atoms with E-state index < -0.39 is 10.0 Å². The van der Waals surface area contributed by atoms with Gasteiger partial charge in [0.2, 0.25) is 15.9 Å². The number of amides is 1. The fourth-order valence-corrected chi connectivity index (χ4v) is 7.42. The van der Waals surface area contributed by atoms with E-state index in [2.05, 4.69) is 10.3 Å². The Morgan fingerprint density at radius 3 is 1.85 bits per heavy atom. The van der Waals surface area contributed by atoms with E-state index in [9.17, 15) is 18.0 Å². The summed E-state index contributed by atoms with van der Waals surface area (Å²) in [5.74, 6) is 0.207. The average molecular weight is 644 g/mol. The van der Waals surface area contributed by atoms with Crippen molar-refractivity contribution in [2.45, 2.75) is 50.1 Å². The van der Waals surface area contributed by atoms with Gasteiger partial charge in [0.15, 0.2) is 0 Å². The molecule has 1 aliphatic carbocycles. The molecular formula is C39H37N3O4S. The minimum atomic E-state index is -3.87. The zero-order chi connectivity index (χ0) is 32.6. The zero-order valence-corrected chi connectivity index (χ0v) is 26.9. The fraction of sp³-hybridized carbons (Fsp3) is 0.205. The van der Waals surface area contributed by atoms with E-state index in [0.29, 0.717) is 5.56 Å². The van der Waals surface area contributed by atoms with E-state index in [0.717, 1.165) is 71.0 Å². The van der Waals surface area contributed by atoms with Gasteiger partial charge in [-0.25, -0.2) is 8.42 Å². The number of anilines is 1. The molecule has 0 aliphatic heterocycles. The van der Waals surface area contributed by atoms with Crippen molar-refractivity contribution in [2.24, 2.45) is 5.92 Å². The molecular weight excluding hydrogens is 607 g/mol. The van der Waals surface area contributed by atoms with E-state index in [1.165, 1.54) is 10.7 Å². The van der Waals surface area contributed by atoms with Crippen LogP contribution in [0.15, 0.2) is 126 Å². The Morgan fingerprint density at radius 1 is 0.723 bits per heavy atom. The number of aldehydes is 1. The highest BCUT2D eigenvalue weighted by Gasteiger charge is 2.25. The van der Waals surface area contributed by atoms with Crippen molar-refractivity contribution in [3.05, 3.63) is 138 Å². The lowest BCUT2D eigenvalue weighted by Gasteiger charge is -2.23. The van der Waals surface area contributed by atoms with Crippen molar-refractivity contribution < 1.29 is 18.0 Å². The maximum Gasteiger partial charge on any atom is 0.243 e. The fourth-order valence-electron chi connectivity index (χ4n) is 6.01. The van der Waals surface area contributed by atoms with Crippen LogP contribution in [0.5, 0.6) is 0 Å². The van der Waals surface area contributed by atoms with Crippen molar-refractivity contribution in [1.29, 1.82) is 0 Å². The average Bonchev–Trinajstić information content (AvgIpc) is 3.13. The van der Waals surface area contributed by atoms with Crippen LogP contribution in [-0.2, 0) is 27.9 Å². The molecule has 0 spiro atoms. The number of carbonyl (C=O) groups is 2. The van der Waals surface area contributed by atoms with Gasteiger partial charge in [0.25, 0.3) is 0 Å². The summed E-state index contributed by atoms with van der Waals surface area (Å²) >= 11 is 0. The Bertz CT molecular complexity index is 1900. The van der Waals surface area contributed by atoms with Crippen LogP contribution in [0.2, 0.25) is 0 Å². The number of carbonyl (C=O) groups excluding carboxylic acids is 2. The number of pyridine rings is 1. The standard InChI is InChI=1S/C39H37N3O4S/c43-28-30-10-14-33(15-11-30)35-18-22-38(23-19-35)47(45,46)42(27-31-5-4-24-40-25-31)26-29-8-12-32(13-9-29)34-16-20-37(21-17-34)41-39(44)36-6-2-1-3-7-36/h4-5,8-25,28,36H,1-3,6-7,26-27H2,(H,41,44). The molecule has 0 unspecified atom stereocenters. The largest absolute Gasteiger partial charge is 0.326 e. The molecule has 4 aromatic carbocycles. The molecule has 0 saturated heterocycles. The molecule has 7 nitrogen and oxygen atoms in total. The maximum atomic E-state index is 14.0. The number of nitrogens with zero attached hydrogens (tertiary/aromatic N) is 2. The maximum absolute atomic E-state index is 14.0. The molecule has 1 amide bonds. The van der Waals surface area contributed by atoms with E-state index in [-0.39, 0.29) is 29.8 Å². The molecule has 0 bridgehead atoms. The minimum Gasteiger partial charge on any atom is -0.326 e. The first-order chi connectivity index (χ1) is 22.9. The second-order valence-corrected chi connectivity index (χ2v) is 13.9. The molecule has 1 saturated carbocycles. The molecule has 238 valence electrons. The summed E-state index contributed by atoms with van der Waals surface area (Å²) in [7, 11) is -3.87. The van der Waals surface area contributed by atoms with Crippen molar-refractivity contribution in [1.82, 2.24) is 9.29 Å². The van der Waals surface area contributed by atoms with Gasteiger partial charge in [-0.2, -0.15) is 4.31 Å². The predicted octanol–water partition coefficient (Wildman–Crippen LogP) is 8.14. The van der Waals surface area contributed by atoms with Crippen LogP contribution in [0.1, 0.15) is 53.6 Å². The van der Waals surface area contributed by atoms with Gasteiger partial charge in [-0.1, -0.05) is 98.1 Å². The van der Waals surface area contributed by atoms with Gasteiger partial charge >= 0.3 is 0 Å². The second-order valence-electron chi connectivity index (χ2n) is 12.0. The Hall–Kier alpha value is -4.92. The first-order valence-corrected chi connectivity index (χ1v) is 17.4. The van der Waals surface area contributed by atoms with Crippen LogP contribution in [0, 0.1) is 5.92 Å². The van der Waals surface area contributed by atoms with Gasteiger partial charge in [-0.3, -0.25) is 14.6 Å². The van der Waals surface area contributed by atoms with Crippen molar-refractivity contribution in [3.8, 4) is 22.3 Å². The van der Waals surface area contributed by atoms with Gasteiger partial charge in [-0.05, 0) is 76.6 Å². The lowest BCUT2D eigenvalue weighted by Crippen LogP contribution is -2.30. The predicted molar refractivity (Wildman–Crippen MR) is 185 cm³/mol. The van der Waals surface area contributed by atoms with Crippen LogP contribution >= 0.6 is 0 Å². The third kappa shape index (κ3) is 7.91. The zero-order valence-electron chi connectivity index (χ0n) is 26.1. The van der Waals surface area contributed by atoms with Gasteiger partial charge in [0.05, 0.1) is 4.90 Å². The highest BCUT2D eigenvalue weighted by atomic mass is 32.2. The number of rotatable bonds is 11. The summed E-state index contributed by atoms with van der Waals surface area (Å²) in [6.45, 7) is 0.347. The first-order valence-electron chi connectivity index (χ1n) is 15.9. The molecule has 0 radical (unpaired) electrons. The van der Waals surface area contributed by atoms with Gasteiger partial charge < -0.3 is 5.32 Å². The van der Waals surface area contributed by atoms with Crippen LogP contribution in [0.4, 0.5) is 5.69 Å². The number of aromatic nitrogens is 1. The Balaban J connectivity index is 1.17. The van der Waals surface area contributed by atoms with Gasteiger partial charge in [0.1, 0.15) is 6.29 Å². The molecule has 47 heavy (non-hydrogen) atoms. The Kier molecular flexibility index (Phi) is 10.00. The summed E-state index contributed by atoms with van der Waals surface area (Å²) in [5.41, 5.74) is 6.77. The quantitative estimate of drug-likeness (QED) is 0.147. The van der Waals surface area contributed by atoms with Crippen molar-refractivity contribution >= 4 is 27.9 Å². The molecule has 8 heteroatoms. The van der Waals surface area contributed by atoms with Crippen molar-refractivity contribution in [3.63, 3.8) is 0 Å². The summed E-state index contributed by atoms with van der Waals surface area (Å²) in [6, 6.07) is 33.4. The summed E-state index contributed by atoms with van der Waals surface area (Å²) in [5, 5.41) is 3.07. The van der Waals surface area contributed by atoms with Crippen LogP contribution in [0.25, 0.3) is 22.3 Å². The third-order valence-corrected chi connectivity index (χ3v) is 10.5. The SMILES string of the molecule is O=Cc1ccc(-c2ccc(S(=O)(=O)N(Cc3ccc(-c4ccc(NC(=O)C5CCCCC5)cc4)cc3)Cc3cccnc3)cc2)cc1. The number of hydrogen-bond acceptors (Lipinski definition) is 5. The van der Waals surface area contributed by atoms with E-state index in [1.807, 2.05) is 66.7 Å². The Morgan fingerprint density at radius 2 is 1.28 bits per heavy atom. The molecule has 1 aliphatic rings. The van der Waals surface area contributed by atoms with E-state index >= 15 is 0 Å². The van der Waals surface area contributed by atoms with Crippen LogP contribution in [-0.4, -0.2) is 29.9 Å². The van der Waals surface area contributed by atoms with Crippen LogP contribution in [0.3, 0.4) is 0 Å². The van der Waals surface area contributed by atoms with Crippen LogP contribution < -0.4 is 5.32 Å². The van der Waals surface area contributed by atoms with Crippen molar-refractivity contribution in [2.75, 3.05) is 5.32 Å². The smallest absolute Gasteiger partial charge is 0.243 e. The van der Waals surface area contributed by atoms with E-state index in [4.69, 9.17) is 0 Å². The number of benzene rings is 4. The molecule has 0 atom stereocenters. The molecule has 1 fully saturated rings. The highest BCUT2D eigenvalue weighted by molar-refractivity contribution is 7.89. The second kappa shape index (κ2) is 14.7. The lowest BCUT2D eigenvalue weighted by molar-refractivity contribution is -0.120. The van der Waals surface area contributed by atoms with Gasteiger partial charge in [-0.15, -0.1) is 0 Å². The highest BCUT2D eigenvalue weighted by Crippen LogP contribution is 2.28. The summed E-state index contributed by atoms with van der Waals surface area (Å²) in [6.07, 6.45) is 9.51. The summed E-state index contributed by atoms with van der Waals surface area (Å²) in [4.78, 5) is 28.0. The molecule has 1 heterocycles. The molecule has 5 aromatic rings. The number of hydrogen-bond donors (Lipinski definition) is 1. The lowest BCUT2D eigenvalue weighted by atomic mass is 9.88.